The van der Waals surface area contributed by atoms with E-state index in [1.165, 1.54) is 12.1 Å². The summed E-state index contributed by atoms with van der Waals surface area (Å²) in [5, 5.41) is 3.54. The molecule has 4 rings (SSSR count). The summed E-state index contributed by atoms with van der Waals surface area (Å²) in [6, 6.07) is 18.5. The van der Waals surface area contributed by atoms with E-state index in [4.69, 9.17) is 4.98 Å². The molecular weight excluding hydrogens is 334 g/mol. The highest BCUT2D eigenvalue weighted by Gasteiger charge is 2.22. The Hall–Kier alpha value is -2.95. The minimum atomic E-state index is 0.614. The maximum atomic E-state index is 4.69. The van der Waals surface area contributed by atoms with Crippen molar-refractivity contribution in [3.05, 3.63) is 66.5 Å². The lowest BCUT2D eigenvalue weighted by Gasteiger charge is -2.19. The second kappa shape index (κ2) is 8.16. The Kier molecular flexibility index (Phi) is 5.28. The van der Waals surface area contributed by atoms with Crippen molar-refractivity contribution in [1.82, 2.24) is 15.0 Å². The molecule has 0 amide bonds. The van der Waals surface area contributed by atoms with Gasteiger partial charge in [0.2, 0.25) is 0 Å². The first kappa shape index (κ1) is 17.5. The summed E-state index contributed by atoms with van der Waals surface area (Å²) < 4.78 is 0. The molecule has 1 unspecified atom stereocenters. The van der Waals surface area contributed by atoms with Crippen molar-refractivity contribution < 1.29 is 0 Å². The van der Waals surface area contributed by atoms with Crippen LogP contribution in [0.2, 0.25) is 0 Å². The third-order valence-electron chi connectivity index (χ3n) is 5.01. The number of aromatic nitrogens is 3. The van der Waals surface area contributed by atoms with E-state index in [0.29, 0.717) is 11.7 Å². The van der Waals surface area contributed by atoms with Crippen molar-refractivity contribution in [3.63, 3.8) is 0 Å². The first-order chi connectivity index (χ1) is 13.3. The van der Waals surface area contributed by atoms with Crippen molar-refractivity contribution in [2.24, 2.45) is 5.92 Å². The fraction of sp³-hybridized carbons (Fsp3) is 0.318. The molecule has 1 saturated heterocycles. The van der Waals surface area contributed by atoms with Crippen molar-refractivity contribution in [3.8, 4) is 11.5 Å². The number of hydrogen-bond acceptors (Lipinski definition) is 5. The molecule has 5 nitrogen and oxygen atoms in total. The molecule has 0 spiro atoms. The molecule has 27 heavy (non-hydrogen) atoms. The Morgan fingerprint density at radius 3 is 2.70 bits per heavy atom. The summed E-state index contributed by atoms with van der Waals surface area (Å²) in [6.45, 7) is 5.23. The lowest BCUT2D eigenvalue weighted by Crippen LogP contribution is -2.22. The van der Waals surface area contributed by atoms with Gasteiger partial charge in [-0.15, -0.1) is 0 Å². The average Bonchev–Trinajstić information content (AvgIpc) is 3.22. The van der Waals surface area contributed by atoms with Gasteiger partial charge in [-0.25, -0.2) is 9.97 Å². The molecule has 3 aromatic rings. The van der Waals surface area contributed by atoms with Gasteiger partial charge in [0, 0.05) is 43.3 Å². The van der Waals surface area contributed by atoms with Gasteiger partial charge in [-0.1, -0.05) is 31.2 Å². The number of para-hydroxylation sites is 1. The van der Waals surface area contributed by atoms with E-state index >= 15 is 0 Å². The number of nitrogens with zero attached hydrogens (tertiary/aromatic N) is 4. The molecule has 2 aromatic heterocycles. The molecule has 1 atom stereocenters. The lowest BCUT2D eigenvalue weighted by molar-refractivity contribution is 0.621. The Bertz CT molecular complexity index is 866. The topological polar surface area (TPSA) is 53.9 Å². The Balaban J connectivity index is 1.42. The van der Waals surface area contributed by atoms with E-state index in [0.717, 1.165) is 43.3 Å². The molecule has 1 aromatic carbocycles. The quantitative estimate of drug-likeness (QED) is 0.720. The fourth-order valence-electron chi connectivity index (χ4n) is 3.50. The smallest absolute Gasteiger partial charge is 0.180 e. The number of nitrogens with one attached hydrogen (secondary N) is 1. The number of hydrogen-bond donors (Lipinski definition) is 1. The first-order valence-corrected chi connectivity index (χ1v) is 9.65. The summed E-state index contributed by atoms with van der Waals surface area (Å²) in [4.78, 5) is 16.2. The van der Waals surface area contributed by atoms with Gasteiger partial charge in [-0.05, 0) is 43.0 Å². The fourth-order valence-corrected chi connectivity index (χ4v) is 3.50. The second-order valence-electron chi connectivity index (χ2n) is 6.95. The number of pyridine rings is 1. The van der Waals surface area contributed by atoms with Gasteiger partial charge in [-0.3, -0.25) is 4.98 Å². The van der Waals surface area contributed by atoms with E-state index in [9.17, 15) is 0 Å². The van der Waals surface area contributed by atoms with Crippen LogP contribution in [0, 0.1) is 5.92 Å². The summed E-state index contributed by atoms with van der Waals surface area (Å²) in [6.07, 6.45) is 3.85. The van der Waals surface area contributed by atoms with Crippen LogP contribution in [0.5, 0.6) is 0 Å². The molecule has 1 aliphatic rings. The van der Waals surface area contributed by atoms with Crippen molar-refractivity contribution in [2.75, 3.05) is 29.9 Å². The third kappa shape index (κ3) is 4.25. The maximum absolute atomic E-state index is 4.69. The second-order valence-corrected chi connectivity index (χ2v) is 6.95. The Morgan fingerprint density at radius 2 is 1.93 bits per heavy atom. The average molecular weight is 359 g/mol. The Labute approximate surface area is 160 Å². The van der Waals surface area contributed by atoms with Crippen LogP contribution in [0.15, 0.2) is 60.8 Å². The molecule has 3 heterocycles. The monoisotopic (exact) mass is 359 g/mol. The van der Waals surface area contributed by atoms with Crippen LogP contribution >= 0.6 is 0 Å². The van der Waals surface area contributed by atoms with E-state index in [2.05, 4.69) is 63.5 Å². The van der Waals surface area contributed by atoms with Gasteiger partial charge >= 0.3 is 0 Å². The zero-order valence-electron chi connectivity index (χ0n) is 15.7. The molecule has 5 heteroatoms. The minimum Gasteiger partial charge on any atom is -0.371 e. The van der Waals surface area contributed by atoms with Gasteiger partial charge < -0.3 is 10.2 Å². The van der Waals surface area contributed by atoms with Crippen molar-refractivity contribution in [1.29, 1.82) is 0 Å². The van der Waals surface area contributed by atoms with Crippen LogP contribution in [0.25, 0.3) is 11.5 Å². The van der Waals surface area contributed by atoms with Crippen LogP contribution in [-0.4, -0.2) is 34.6 Å². The van der Waals surface area contributed by atoms with Crippen LogP contribution in [0.1, 0.15) is 19.0 Å². The summed E-state index contributed by atoms with van der Waals surface area (Å²) in [5.41, 5.74) is 3.16. The molecular formula is C22H25N5. The predicted molar refractivity (Wildman–Crippen MR) is 110 cm³/mol. The van der Waals surface area contributed by atoms with Gasteiger partial charge in [0.05, 0.1) is 0 Å². The maximum Gasteiger partial charge on any atom is 0.180 e. The Morgan fingerprint density at radius 1 is 1.07 bits per heavy atom. The van der Waals surface area contributed by atoms with Crippen LogP contribution in [0.4, 0.5) is 11.5 Å². The van der Waals surface area contributed by atoms with E-state index in [-0.39, 0.29) is 0 Å². The molecule has 1 fully saturated rings. The predicted octanol–water partition coefficient (Wildman–Crippen LogP) is 4.04. The SMILES string of the molecule is CCc1cc(NCC2CCN(c3ccccc3)C2)nc(-c2ccccn2)n1. The highest BCUT2D eigenvalue weighted by molar-refractivity contribution is 5.53. The number of benzene rings is 1. The van der Waals surface area contributed by atoms with Crippen LogP contribution in [-0.2, 0) is 6.42 Å². The summed E-state index contributed by atoms with van der Waals surface area (Å²) in [5.74, 6) is 2.19. The van der Waals surface area contributed by atoms with Crippen LogP contribution < -0.4 is 10.2 Å². The molecule has 1 aliphatic heterocycles. The zero-order valence-corrected chi connectivity index (χ0v) is 15.7. The van der Waals surface area contributed by atoms with E-state index in [1.807, 2.05) is 18.2 Å². The van der Waals surface area contributed by atoms with Gasteiger partial charge in [0.1, 0.15) is 11.5 Å². The summed E-state index contributed by atoms with van der Waals surface area (Å²) >= 11 is 0. The van der Waals surface area contributed by atoms with Crippen LogP contribution in [0.3, 0.4) is 0 Å². The highest BCUT2D eigenvalue weighted by Crippen LogP contribution is 2.24. The molecule has 0 bridgehead atoms. The molecule has 0 aliphatic carbocycles. The molecule has 1 N–H and O–H groups in total. The normalized spacial score (nSPS) is 16.5. The van der Waals surface area contributed by atoms with E-state index < -0.39 is 0 Å². The van der Waals surface area contributed by atoms with Crippen molar-refractivity contribution in [2.45, 2.75) is 19.8 Å². The molecule has 0 saturated carbocycles. The summed E-state index contributed by atoms with van der Waals surface area (Å²) in [7, 11) is 0. The molecule has 0 radical (unpaired) electrons. The number of anilines is 2. The van der Waals surface area contributed by atoms with Gasteiger partial charge in [0.25, 0.3) is 0 Å². The van der Waals surface area contributed by atoms with E-state index in [1.54, 1.807) is 6.20 Å². The first-order valence-electron chi connectivity index (χ1n) is 9.65. The number of rotatable bonds is 6. The van der Waals surface area contributed by atoms with Gasteiger partial charge in [0.15, 0.2) is 5.82 Å². The van der Waals surface area contributed by atoms with Crippen molar-refractivity contribution >= 4 is 11.5 Å². The highest BCUT2D eigenvalue weighted by atomic mass is 15.2. The molecule has 138 valence electrons. The third-order valence-corrected chi connectivity index (χ3v) is 5.01. The number of aryl methyl sites for hydroxylation is 1. The zero-order chi connectivity index (χ0) is 18.5. The largest absolute Gasteiger partial charge is 0.371 e. The van der Waals surface area contributed by atoms with Gasteiger partial charge in [-0.2, -0.15) is 0 Å². The standard InChI is InChI=1S/C22H25N5/c1-2-18-14-21(26-22(25-18)20-10-6-7-12-23-20)24-15-17-11-13-27(16-17)19-8-4-3-5-9-19/h3-10,12,14,17H,2,11,13,15-16H2,1H3,(H,24,25,26). The minimum absolute atomic E-state index is 0.614. The lowest BCUT2D eigenvalue weighted by atomic mass is 10.1.